The Labute approximate surface area is 124 Å². The van der Waals surface area contributed by atoms with E-state index in [4.69, 9.17) is 22.1 Å². The molecule has 2 rings (SSSR count). The number of benzene rings is 1. The number of methoxy groups -OCH3 is 1. The normalized spacial score (nSPS) is 22.7. The predicted molar refractivity (Wildman–Crippen MR) is 79.9 cm³/mol. The van der Waals surface area contributed by atoms with Crippen LogP contribution in [0.2, 0.25) is 5.02 Å². The van der Waals surface area contributed by atoms with Crippen LogP contribution in [0.25, 0.3) is 0 Å². The van der Waals surface area contributed by atoms with Gasteiger partial charge in [0.2, 0.25) is 5.91 Å². The average molecular weight is 297 g/mol. The molecule has 2 N–H and O–H groups in total. The van der Waals surface area contributed by atoms with Crippen LogP contribution in [-0.4, -0.2) is 30.5 Å². The first-order valence-electron chi connectivity index (χ1n) is 6.82. The summed E-state index contributed by atoms with van der Waals surface area (Å²) in [4.78, 5) is 14.0. The third-order valence-corrected chi connectivity index (χ3v) is 3.85. The van der Waals surface area contributed by atoms with E-state index in [1.54, 1.807) is 7.11 Å². The van der Waals surface area contributed by atoms with E-state index in [1.165, 1.54) is 0 Å². The molecule has 1 aliphatic rings. The van der Waals surface area contributed by atoms with Crippen LogP contribution in [0.3, 0.4) is 0 Å². The highest BCUT2D eigenvalue weighted by Gasteiger charge is 2.38. The third-order valence-electron chi connectivity index (χ3n) is 3.55. The van der Waals surface area contributed by atoms with Gasteiger partial charge in [-0.05, 0) is 23.6 Å². The van der Waals surface area contributed by atoms with E-state index < -0.39 is 0 Å². The number of ether oxygens (including phenoxy) is 1. The van der Waals surface area contributed by atoms with Crippen molar-refractivity contribution in [3.05, 3.63) is 28.8 Å². The summed E-state index contributed by atoms with van der Waals surface area (Å²) in [5.41, 5.74) is 7.12. The Morgan fingerprint density at radius 3 is 2.75 bits per heavy atom. The van der Waals surface area contributed by atoms with Gasteiger partial charge in [-0.2, -0.15) is 0 Å². The summed E-state index contributed by atoms with van der Waals surface area (Å²) < 4.78 is 5.16. The Morgan fingerprint density at radius 2 is 2.20 bits per heavy atom. The van der Waals surface area contributed by atoms with Gasteiger partial charge in [-0.15, -0.1) is 0 Å². The number of hydrogen-bond acceptors (Lipinski definition) is 3. The van der Waals surface area contributed by atoms with Gasteiger partial charge in [0.05, 0.1) is 18.2 Å². The highest BCUT2D eigenvalue weighted by Crippen LogP contribution is 2.36. The Kier molecular flexibility index (Phi) is 4.55. The zero-order valence-corrected chi connectivity index (χ0v) is 12.9. The number of likely N-dealkylation sites (tertiary alicyclic amines) is 1. The molecule has 1 aromatic carbocycles. The van der Waals surface area contributed by atoms with Crippen LogP contribution in [0.4, 0.5) is 0 Å². The van der Waals surface area contributed by atoms with Gasteiger partial charge in [0.25, 0.3) is 0 Å². The molecule has 2 atom stereocenters. The number of hydrogen-bond donors (Lipinski definition) is 1. The Balaban J connectivity index is 2.32. The van der Waals surface area contributed by atoms with E-state index >= 15 is 0 Å². The molecule has 0 aliphatic carbocycles. The average Bonchev–Trinajstić information content (AvgIpc) is 2.63. The molecule has 5 heteroatoms. The molecule has 0 radical (unpaired) electrons. The lowest BCUT2D eigenvalue weighted by molar-refractivity contribution is -0.129. The van der Waals surface area contributed by atoms with Crippen molar-refractivity contribution in [2.45, 2.75) is 32.4 Å². The number of nitrogens with zero attached hydrogens (tertiary/aromatic N) is 1. The molecule has 1 aromatic rings. The van der Waals surface area contributed by atoms with Crippen LogP contribution in [0.15, 0.2) is 18.2 Å². The van der Waals surface area contributed by atoms with E-state index in [0.29, 0.717) is 29.7 Å². The SMILES string of the molecule is COc1ccc(C2C(N)CC(=O)N2CC(C)C)cc1Cl. The van der Waals surface area contributed by atoms with Crippen molar-refractivity contribution in [3.63, 3.8) is 0 Å². The fourth-order valence-electron chi connectivity index (χ4n) is 2.72. The van der Waals surface area contributed by atoms with Gasteiger partial charge in [0, 0.05) is 19.0 Å². The maximum atomic E-state index is 12.1. The first-order chi connectivity index (χ1) is 9.43. The summed E-state index contributed by atoms with van der Waals surface area (Å²) in [7, 11) is 1.58. The van der Waals surface area contributed by atoms with E-state index in [9.17, 15) is 4.79 Å². The monoisotopic (exact) mass is 296 g/mol. The fourth-order valence-corrected chi connectivity index (χ4v) is 2.99. The second kappa shape index (κ2) is 6.02. The predicted octanol–water partition coefficient (Wildman–Crippen LogP) is 2.61. The largest absolute Gasteiger partial charge is 0.495 e. The Hall–Kier alpha value is -1.26. The van der Waals surface area contributed by atoms with Crippen LogP contribution in [0, 0.1) is 5.92 Å². The molecule has 1 amide bonds. The van der Waals surface area contributed by atoms with Crippen molar-refractivity contribution in [3.8, 4) is 5.75 Å². The molecular weight excluding hydrogens is 276 g/mol. The van der Waals surface area contributed by atoms with Crippen molar-refractivity contribution in [2.75, 3.05) is 13.7 Å². The Bertz CT molecular complexity index is 505. The highest BCUT2D eigenvalue weighted by molar-refractivity contribution is 6.32. The maximum absolute atomic E-state index is 12.1. The van der Waals surface area contributed by atoms with Crippen LogP contribution >= 0.6 is 11.6 Å². The molecule has 1 fully saturated rings. The standard InChI is InChI=1S/C15H21ClN2O2/c1-9(2)8-18-14(19)7-12(17)15(18)10-4-5-13(20-3)11(16)6-10/h4-6,9,12,15H,7-8,17H2,1-3H3. The quantitative estimate of drug-likeness (QED) is 0.929. The molecule has 4 nitrogen and oxygen atoms in total. The van der Waals surface area contributed by atoms with Gasteiger partial charge >= 0.3 is 0 Å². The lowest BCUT2D eigenvalue weighted by atomic mass is 10.00. The zero-order valence-electron chi connectivity index (χ0n) is 12.1. The number of nitrogens with two attached hydrogens (primary N) is 1. The number of rotatable bonds is 4. The number of amides is 1. The van der Waals surface area contributed by atoms with E-state index in [0.717, 1.165) is 5.56 Å². The fraction of sp³-hybridized carbons (Fsp3) is 0.533. The third kappa shape index (κ3) is 2.91. The topological polar surface area (TPSA) is 55.6 Å². The smallest absolute Gasteiger partial charge is 0.224 e. The molecule has 20 heavy (non-hydrogen) atoms. The molecule has 2 unspecified atom stereocenters. The van der Waals surface area contributed by atoms with Crippen LogP contribution < -0.4 is 10.5 Å². The van der Waals surface area contributed by atoms with E-state index in [2.05, 4.69) is 13.8 Å². The minimum absolute atomic E-state index is 0.103. The van der Waals surface area contributed by atoms with E-state index in [1.807, 2.05) is 23.1 Å². The first-order valence-corrected chi connectivity index (χ1v) is 7.20. The van der Waals surface area contributed by atoms with Crippen molar-refractivity contribution in [2.24, 2.45) is 11.7 Å². The highest BCUT2D eigenvalue weighted by atomic mass is 35.5. The summed E-state index contributed by atoms with van der Waals surface area (Å²) in [6, 6.07) is 5.30. The summed E-state index contributed by atoms with van der Waals surface area (Å²) in [5.74, 6) is 1.15. The number of halogens is 1. The van der Waals surface area contributed by atoms with Crippen LogP contribution in [0.5, 0.6) is 5.75 Å². The van der Waals surface area contributed by atoms with Gasteiger partial charge in [-0.1, -0.05) is 31.5 Å². The summed E-state index contributed by atoms with van der Waals surface area (Å²) in [6.45, 7) is 4.89. The molecule has 0 bridgehead atoms. The van der Waals surface area contributed by atoms with Crippen LogP contribution in [-0.2, 0) is 4.79 Å². The van der Waals surface area contributed by atoms with E-state index in [-0.39, 0.29) is 18.0 Å². The number of carbonyl (C=O) groups is 1. The Morgan fingerprint density at radius 1 is 1.50 bits per heavy atom. The second-order valence-electron chi connectivity index (χ2n) is 5.65. The van der Waals surface area contributed by atoms with Gasteiger partial charge in [0.15, 0.2) is 0 Å². The van der Waals surface area contributed by atoms with Gasteiger partial charge < -0.3 is 15.4 Å². The molecule has 0 spiro atoms. The lowest BCUT2D eigenvalue weighted by Gasteiger charge is -2.29. The molecule has 0 saturated carbocycles. The zero-order chi connectivity index (χ0) is 14.9. The minimum Gasteiger partial charge on any atom is -0.495 e. The van der Waals surface area contributed by atoms with Crippen molar-refractivity contribution in [1.29, 1.82) is 0 Å². The van der Waals surface area contributed by atoms with Crippen molar-refractivity contribution < 1.29 is 9.53 Å². The molecule has 1 heterocycles. The van der Waals surface area contributed by atoms with Crippen molar-refractivity contribution >= 4 is 17.5 Å². The van der Waals surface area contributed by atoms with Gasteiger partial charge in [0.1, 0.15) is 5.75 Å². The van der Waals surface area contributed by atoms with Crippen molar-refractivity contribution in [1.82, 2.24) is 4.90 Å². The minimum atomic E-state index is -0.189. The summed E-state index contributed by atoms with van der Waals surface area (Å²) >= 11 is 6.18. The summed E-state index contributed by atoms with van der Waals surface area (Å²) in [6.07, 6.45) is 0.390. The molecule has 110 valence electrons. The molecule has 1 aliphatic heterocycles. The van der Waals surface area contributed by atoms with Gasteiger partial charge in [-0.25, -0.2) is 0 Å². The van der Waals surface area contributed by atoms with Gasteiger partial charge in [-0.3, -0.25) is 4.79 Å². The molecule has 0 aromatic heterocycles. The van der Waals surface area contributed by atoms with Crippen LogP contribution in [0.1, 0.15) is 31.9 Å². The maximum Gasteiger partial charge on any atom is 0.224 e. The first kappa shape index (κ1) is 15.1. The molecule has 1 saturated heterocycles. The number of carbonyl (C=O) groups excluding carboxylic acids is 1. The molecular formula is C15H21ClN2O2. The lowest BCUT2D eigenvalue weighted by Crippen LogP contribution is -2.35. The second-order valence-corrected chi connectivity index (χ2v) is 6.05. The summed E-state index contributed by atoms with van der Waals surface area (Å²) in [5, 5.41) is 0.543.